The second-order valence-electron chi connectivity index (χ2n) is 7.02. The molecule has 0 bridgehead atoms. The lowest BCUT2D eigenvalue weighted by Crippen LogP contribution is -2.49. The van der Waals surface area contributed by atoms with Crippen LogP contribution in [-0.2, 0) is 14.6 Å². The number of hydrogen-bond acceptors (Lipinski definition) is 5. The number of rotatable bonds is 4. The lowest BCUT2D eigenvalue weighted by Gasteiger charge is -2.31. The topological polar surface area (TPSA) is 63.7 Å². The Kier molecular flexibility index (Phi) is 5.84. The van der Waals surface area contributed by atoms with E-state index in [4.69, 9.17) is 16.3 Å². The molecule has 1 aliphatic rings. The average Bonchev–Trinajstić information content (AvgIpc) is 3.07. The van der Waals surface area contributed by atoms with Crippen LogP contribution in [-0.4, -0.2) is 43.7 Å². The Morgan fingerprint density at radius 1 is 1.22 bits per heavy atom. The van der Waals surface area contributed by atoms with Crippen LogP contribution in [0, 0.1) is 0 Å². The molecule has 2 aromatic rings. The number of halogens is 1. The minimum absolute atomic E-state index is 0.0433. The van der Waals surface area contributed by atoms with Crippen molar-refractivity contribution in [3.8, 4) is 5.75 Å². The highest BCUT2D eigenvalue weighted by Gasteiger charge is 2.39. The smallest absolute Gasteiger partial charge is 0.266 e. The van der Waals surface area contributed by atoms with E-state index in [1.807, 2.05) is 17.5 Å². The van der Waals surface area contributed by atoms with Crippen LogP contribution < -0.4 is 4.74 Å². The van der Waals surface area contributed by atoms with E-state index < -0.39 is 20.7 Å². The molecule has 3 rings (SSSR count). The van der Waals surface area contributed by atoms with Crippen molar-refractivity contribution in [2.24, 2.45) is 0 Å². The molecule has 1 aromatic heterocycles. The summed E-state index contributed by atoms with van der Waals surface area (Å²) in [5.74, 6) is 0.273. The minimum atomic E-state index is -3.30. The highest BCUT2D eigenvalue weighted by Crippen LogP contribution is 2.33. The lowest BCUT2D eigenvalue weighted by molar-refractivity contribution is -0.145. The molecule has 0 radical (unpaired) electrons. The molecule has 1 amide bonds. The summed E-state index contributed by atoms with van der Waals surface area (Å²) < 4.78 is 31.2. The van der Waals surface area contributed by atoms with Gasteiger partial charge in [0.25, 0.3) is 5.91 Å². The van der Waals surface area contributed by atoms with Crippen LogP contribution in [0.2, 0.25) is 5.02 Å². The van der Waals surface area contributed by atoms with Gasteiger partial charge in [0.05, 0.1) is 11.0 Å². The zero-order chi connectivity index (χ0) is 19.7. The second kappa shape index (κ2) is 7.81. The summed E-state index contributed by atoms with van der Waals surface area (Å²) in [5.41, 5.74) is -1.11. The van der Waals surface area contributed by atoms with Crippen LogP contribution in [0.5, 0.6) is 5.75 Å². The van der Waals surface area contributed by atoms with Gasteiger partial charge in [0.1, 0.15) is 5.75 Å². The summed E-state index contributed by atoms with van der Waals surface area (Å²) in [6.07, 6.45) is 0.394. The first-order valence-electron chi connectivity index (χ1n) is 8.68. The molecule has 146 valence electrons. The molecular formula is C19H22ClNO4S2. The summed E-state index contributed by atoms with van der Waals surface area (Å²) in [7, 11) is -3.30. The Hall–Kier alpha value is -1.57. The van der Waals surface area contributed by atoms with Crippen molar-refractivity contribution in [2.75, 3.05) is 18.8 Å². The second-order valence-corrected chi connectivity index (χ2v) is 10.7. The molecule has 1 saturated heterocycles. The molecule has 2 heterocycles. The van der Waals surface area contributed by atoms with Gasteiger partial charge in [0, 0.05) is 23.0 Å². The van der Waals surface area contributed by atoms with Gasteiger partial charge in [-0.3, -0.25) is 4.79 Å². The van der Waals surface area contributed by atoms with Crippen molar-refractivity contribution in [3.05, 3.63) is 51.7 Å². The summed E-state index contributed by atoms with van der Waals surface area (Å²) in [6.45, 7) is 3.95. The molecule has 8 heteroatoms. The number of hydrogen-bond donors (Lipinski definition) is 0. The summed E-state index contributed by atoms with van der Waals surface area (Å²) in [6, 6.07) is 10.5. The van der Waals surface area contributed by atoms with Crippen LogP contribution in [0.4, 0.5) is 0 Å². The third-order valence-electron chi connectivity index (χ3n) is 4.59. The van der Waals surface area contributed by atoms with Crippen molar-refractivity contribution < 1.29 is 17.9 Å². The number of ether oxygens (including phenoxy) is 1. The maximum absolute atomic E-state index is 13.0. The Morgan fingerprint density at radius 3 is 2.56 bits per heavy atom. The molecular weight excluding hydrogens is 406 g/mol. The van der Waals surface area contributed by atoms with E-state index in [9.17, 15) is 13.2 Å². The zero-order valence-corrected chi connectivity index (χ0v) is 17.6. The fraction of sp³-hybridized carbons (Fsp3) is 0.421. The first-order valence-corrected chi connectivity index (χ1v) is 11.7. The summed E-state index contributed by atoms with van der Waals surface area (Å²) >= 11 is 7.32. The average molecular weight is 428 g/mol. The van der Waals surface area contributed by atoms with Gasteiger partial charge in [0.2, 0.25) is 0 Å². The standard InChI is InChI=1S/C19H22ClNO4S2/c1-19(2,25-15-7-5-14(20)6-8-15)18(22)21-10-9-17(16-4-3-12-26-16)27(23,24)13-11-21/h3-8,12,17H,9-11,13H2,1-2H3. The number of carbonyl (C=O) groups is 1. The van der Waals surface area contributed by atoms with Crippen molar-refractivity contribution in [3.63, 3.8) is 0 Å². The van der Waals surface area contributed by atoms with Crippen LogP contribution >= 0.6 is 22.9 Å². The molecule has 5 nitrogen and oxygen atoms in total. The van der Waals surface area contributed by atoms with Crippen LogP contribution in [0.25, 0.3) is 0 Å². The van der Waals surface area contributed by atoms with E-state index in [2.05, 4.69) is 0 Å². The van der Waals surface area contributed by atoms with Gasteiger partial charge in [-0.15, -0.1) is 11.3 Å². The van der Waals surface area contributed by atoms with Crippen molar-refractivity contribution in [1.82, 2.24) is 4.90 Å². The molecule has 0 saturated carbocycles. The quantitative estimate of drug-likeness (QED) is 0.741. The first kappa shape index (κ1) is 20.2. The largest absolute Gasteiger partial charge is 0.478 e. The SMILES string of the molecule is CC(C)(Oc1ccc(Cl)cc1)C(=O)N1CCC(c2cccs2)S(=O)(=O)CC1. The van der Waals surface area contributed by atoms with E-state index >= 15 is 0 Å². The molecule has 1 aromatic carbocycles. The number of amides is 1. The monoisotopic (exact) mass is 427 g/mol. The number of benzene rings is 1. The van der Waals surface area contributed by atoms with Gasteiger partial charge < -0.3 is 9.64 Å². The highest BCUT2D eigenvalue weighted by molar-refractivity contribution is 7.91. The number of thiophene rings is 1. The highest BCUT2D eigenvalue weighted by atomic mass is 35.5. The van der Waals surface area contributed by atoms with Gasteiger partial charge in [-0.2, -0.15) is 0 Å². The van der Waals surface area contributed by atoms with E-state index in [1.165, 1.54) is 11.3 Å². The molecule has 0 spiro atoms. The third-order valence-corrected chi connectivity index (χ3v) is 8.09. The zero-order valence-electron chi connectivity index (χ0n) is 15.2. The van der Waals surface area contributed by atoms with Crippen LogP contribution in [0.3, 0.4) is 0 Å². The maximum Gasteiger partial charge on any atom is 0.266 e. The molecule has 0 aliphatic carbocycles. The van der Waals surface area contributed by atoms with Gasteiger partial charge in [-0.05, 0) is 56.0 Å². The van der Waals surface area contributed by atoms with Gasteiger partial charge in [-0.1, -0.05) is 17.7 Å². The summed E-state index contributed by atoms with van der Waals surface area (Å²) in [4.78, 5) is 15.5. The maximum atomic E-state index is 13.0. The third kappa shape index (κ3) is 4.65. The number of sulfone groups is 1. The van der Waals surface area contributed by atoms with Gasteiger partial charge >= 0.3 is 0 Å². The number of carbonyl (C=O) groups excluding carboxylic acids is 1. The van der Waals surface area contributed by atoms with Gasteiger partial charge in [0.15, 0.2) is 15.4 Å². The molecule has 1 aliphatic heterocycles. The van der Waals surface area contributed by atoms with Gasteiger partial charge in [-0.25, -0.2) is 8.42 Å². The first-order chi connectivity index (χ1) is 12.7. The Morgan fingerprint density at radius 2 is 1.93 bits per heavy atom. The van der Waals surface area contributed by atoms with Crippen molar-refractivity contribution >= 4 is 38.7 Å². The molecule has 1 fully saturated rings. The fourth-order valence-electron chi connectivity index (χ4n) is 3.16. The van der Waals surface area contributed by atoms with E-state index in [1.54, 1.807) is 43.0 Å². The van der Waals surface area contributed by atoms with E-state index in [0.717, 1.165) is 4.88 Å². The molecule has 0 N–H and O–H groups in total. The Bertz CT molecular complexity index is 892. The molecule has 1 atom stereocenters. The Balaban J connectivity index is 1.74. The van der Waals surface area contributed by atoms with Crippen molar-refractivity contribution in [2.45, 2.75) is 31.1 Å². The number of nitrogens with zero attached hydrogens (tertiary/aromatic N) is 1. The Labute approximate surface area is 168 Å². The molecule has 1 unspecified atom stereocenters. The van der Waals surface area contributed by atoms with Crippen LogP contribution in [0.1, 0.15) is 30.4 Å². The van der Waals surface area contributed by atoms with E-state index in [-0.39, 0.29) is 18.2 Å². The van der Waals surface area contributed by atoms with Crippen LogP contribution in [0.15, 0.2) is 41.8 Å². The normalized spacial score (nSPS) is 20.1. The predicted molar refractivity (Wildman–Crippen MR) is 108 cm³/mol. The molecule has 27 heavy (non-hydrogen) atoms. The van der Waals surface area contributed by atoms with Crippen molar-refractivity contribution in [1.29, 1.82) is 0 Å². The lowest BCUT2D eigenvalue weighted by atomic mass is 10.1. The minimum Gasteiger partial charge on any atom is -0.478 e. The van der Waals surface area contributed by atoms with E-state index in [0.29, 0.717) is 23.7 Å². The summed E-state index contributed by atoms with van der Waals surface area (Å²) in [5, 5.41) is 1.92. The fourth-order valence-corrected chi connectivity index (χ4v) is 6.29. The predicted octanol–water partition coefficient (Wildman–Crippen LogP) is 3.95.